The van der Waals surface area contributed by atoms with Crippen LogP contribution < -0.4 is 9.79 Å². The summed E-state index contributed by atoms with van der Waals surface area (Å²) >= 11 is 13.2. The van der Waals surface area contributed by atoms with Gasteiger partial charge >= 0.3 is 19.5 Å². The van der Waals surface area contributed by atoms with E-state index in [1.54, 1.807) is 0 Å². The van der Waals surface area contributed by atoms with Gasteiger partial charge in [-0.1, -0.05) is 360 Å². The van der Waals surface area contributed by atoms with E-state index in [2.05, 4.69) is 27.7 Å². The van der Waals surface area contributed by atoms with Crippen LogP contribution in [0.3, 0.4) is 0 Å². The Morgan fingerprint density at radius 2 is 0.394 bits per heavy atom. The van der Waals surface area contributed by atoms with E-state index >= 15 is 0 Å². The van der Waals surface area contributed by atoms with Crippen molar-refractivity contribution in [3.05, 3.63) is 0 Å². The molecule has 0 fully saturated rings. The molecular formula is C60H124O4P2S4Zn. The molecule has 0 aliphatic heterocycles. The van der Waals surface area contributed by atoms with Crippen LogP contribution >= 0.6 is 34.2 Å². The Hall–Kier alpha value is 2.46. The van der Waals surface area contributed by atoms with Crippen molar-refractivity contribution in [1.29, 1.82) is 0 Å². The fourth-order valence-corrected chi connectivity index (χ4v) is 16.0. The summed E-state index contributed by atoms with van der Waals surface area (Å²) in [5.74, 6) is 1.77. The molecule has 0 aromatic carbocycles. The first kappa shape index (κ1) is 77.7. The molecule has 2 atom stereocenters. The summed E-state index contributed by atoms with van der Waals surface area (Å²) in [6.45, 7) is 10.3. The summed E-state index contributed by atoms with van der Waals surface area (Å²) < 4.78 is 11.2. The van der Waals surface area contributed by atoms with E-state index in [-0.39, 0.29) is 19.5 Å². The second kappa shape index (κ2) is 66.7. The molecule has 0 amide bonds. The molecule has 0 radical (unpaired) electrons. The van der Waals surface area contributed by atoms with E-state index < -0.39 is 11.4 Å². The van der Waals surface area contributed by atoms with Crippen LogP contribution in [0.15, 0.2) is 0 Å². The van der Waals surface area contributed by atoms with Crippen LogP contribution in [0.5, 0.6) is 0 Å². The van der Waals surface area contributed by atoms with Crippen LogP contribution in [0, 0.1) is 0 Å². The monoisotopic (exact) mass is 1160 g/mol. The molecule has 11 heteroatoms. The van der Waals surface area contributed by atoms with Crippen LogP contribution in [0.25, 0.3) is 0 Å². The normalized spacial score (nSPS) is 13.2. The molecule has 4 nitrogen and oxygen atoms in total. The maximum Gasteiger partial charge on any atom is 2.00 e. The van der Waals surface area contributed by atoms with Crippen LogP contribution in [0.1, 0.15) is 362 Å². The Morgan fingerprint density at radius 1 is 0.254 bits per heavy atom. The molecule has 0 rings (SSSR count). The molecule has 0 aromatic rings. The molecular weight excluding hydrogens is 1040 g/mol. The topological polar surface area (TPSA) is 64.6 Å². The molecule has 424 valence electrons. The molecule has 0 aromatic heterocycles. The summed E-state index contributed by atoms with van der Waals surface area (Å²) in [5.41, 5.74) is -5.72. The van der Waals surface area contributed by atoms with Crippen molar-refractivity contribution in [2.45, 2.75) is 362 Å². The Kier molecular flexibility index (Phi) is 73.0. The first-order valence-corrected chi connectivity index (χ1v) is 39.9. The van der Waals surface area contributed by atoms with E-state index in [0.29, 0.717) is 13.2 Å². The van der Waals surface area contributed by atoms with E-state index in [4.69, 9.17) is 32.7 Å². The third-order valence-electron chi connectivity index (χ3n) is 14.0. The Labute approximate surface area is 478 Å². The minimum Gasteiger partial charge on any atom is -0.793 e. The quantitative estimate of drug-likeness (QED) is 0.0339. The fraction of sp³-hybridized carbons (Fsp3) is 1.00. The average Bonchev–Trinajstić information content (AvgIpc) is 3.34. The molecule has 0 aliphatic rings. The molecule has 71 heavy (non-hydrogen) atoms. The maximum atomic E-state index is 12.4. The molecule has 0 saturated carbocycles. The Morgan fingerprint density at radius 3 is 0.563 bits per heavy atom. The summed E-state index contributed by atoms with van der Waals surface area (Å²) in [6.07, 6.45) is 70.1. The predicted molar refractivity (Wildman–Crippen MR) is 328 cm³/mol. The van der Waals surface area contributed by atoms with Gasteiger partial charge in [-0.15, -0.1) is 22.8 Å². The third kappa shape index (κ3) is 72.5. The van der Waals surface area contributed by atoms with Crippen molar-refractivity contribution in [1.82, 2.24) is 0 Å². The fourth-order valence-electron chi connectivity index (χ4n) is 9.26. The van der Waals surface area contributed by atoms with Gasteiger partial charge in [0.1, 0.15) is 0 Å². The van der Waals surface area contributed by atoms with Crippen LogP contribution in [-0.2, 0) is 52.1 Å². The molecule has 0 heterocycles. The van der Waals surface area contributed by atoms with Gasteiger partial charge in [-0.2, -0.15) is 0 Å². The number of unbranched alkanes of at least 4 members (excludes halogenated alkanes) is 48. The summed E-state index contributed by atoms with van der Waals surface area (Å²) in [6, 6.07) is 0. The van der Waals surface area contributed by atoms with Crippen molar-refractivity contribution >= 4 is 57.8 Å². The van der Waals surface area contributed by atoms with Gasteiger partial charge < -0.3 is 18.8 Å². The van der Waals surface area contributed by atoms with E-state index in [0.717, 1.165) is 37.2 Å². The van der Waals surface area contributed by atoms with Gasteiger partial charge in [-0.3, -0.25) is 0 Å². The van der Waals surface area contributed by atoms with Gasteiger partial charge in [0.2, 0.25) is 0 Å². The zero-order valence-corrected chi connectivity index (χ0v) is 56.5. The SMILES string of the molecule is CCCCCCCCCCCCCCCOP([O-])(=S)SCCCCCCCCCCCCCCC.CCCCCCCCCCCCCCCOP([O-])(=S)SCCCCCCCCCCCCCCC.[Zn+2]. The minimum atomic E-state index is -2.86. The van der Waals surface area contributed by atoms with E-state index in [1.807, 2.05) is 0 Å². The summed E-state index contributed by atoms with van der Waals surface area (Å²) in [4.78, 5) is 24.8. The third-order valence-corrected chi connectivity index (χ3v) is 22.7. The van der Waals surface area contributed by atoms with Crippen molar-refractivity contribution in [3.8, 4) is 0 Å². The first-order valence-electron chi connectivity index (χ1n) is 31.4. The van der Waals surface area contributed by atoms with E-state index in [9.17, 15) is 9.79 Å². The molecule has 2 unspecified atom stereocenters. The second-order valence-electron chi connectivity index (χ2n) is 21.2. The first-order chi connectivity index (χ1) is 34.2. The molecule has 0 spiro atoms. The summed E-state index contributed by atoms with van der Waals surface area (Å²) in [7, 11) is 0. The smallest absolute Gasteiger partial charge is 0.793 e. The van der Waals surface area contributed by atoms with Gasteiger partial charge in [-0.25, -0.2) is 0 Å². The molecule has 0 aliphatic carbocycles. The minimum absolute atomic E-state index is 0. The number of rotatable bonds is 60. The Balaban J connectivity index is -0.00000128. The van der Waals surface area contributed by atoms with Gasteiger partial charge in [-0.05, 0) is 37.2 Å². The van der Waals surface area contributed by atoms with Crippen LogP contribution in [-0.4, -0.2) is 24.7 Å². The number of hydrogen-bond acceptors (Lipinski definition) is 8. The molecule has 0 N–H and O–H groups in total. The maximum absolute atomic E-state index is 12.4. The molecule has 0 saturated heterocycles. The predicted octanol–water partition coefficient (Wildman–Crippen LogP) is 23.0. The van der Waals surface area contributed by atoms with E-state index in [1.165, 1.54) is 331 Å². The van der Waals surface area contributed by atoms with Crippen molar-refractivity contribution in [3.63, 3.8) is 0 Å². The van der Waals surface area contributed by atoms with Gasteiger partial charge in [0.15, 0.2) is 0 Å². The second-order valence-corrected chi connectivity index (χ2v) is 33.5. The van der Waals surface area contributed by atoms with Gasteiger partial charge in [0, 0.05) is 11.4 Å². The van der Waals surface area contributed by atoms with Crippen LogP contribution in [0.2, 0.25) is 0 Å². The van der Waals surface area contributed by atoms with Crippen LogP contribution in [0.4, 0.5) is 0 Å². The van der Waals surface area contributed by atoms with Crippen molar-refractivity contribution in [2.24, 2.45) is 0 Å². The average molecular weight is 1170 g/mol. The zero-order chi connectivity index (χ0) is 51.4. The van der Waals surface area contributed by atoms with Crippen molar-refractivity contribution < 1.29 is 38.3 Å². The van der Waals surface area contributed by atoms with Gasteiger partial charge in [0.05, 0.1) is 13.2 Å². The van der Waals surface area contributed by atoms with Gasteiger partial charge in [0.25, 0.3) is 0 Å². The summed E-state index contributed by atoms with van der Waals surface area (Å²) in [5, 5.41) is 0. The Bertz CT molecular complexity index is 912. The number of hydrogen-bond donors (Lipinski definition) is 0. The van der Waals surface area contributed by atoms with Crippen molar-refractivity contribution in [2.75, 3.05) is 24.7 Å². The molecule has 0 bridgehead atoms. The standard InChI is InChI=1S/2C30H63O2PS2.Zn/c2*1-3-5-7-9-11-13-15-17-19-21-23-25-27-29-32-33(31,34)35-30-28-26-24-22-20-18-16-14-12-10-8-6-4-2;/h2*3-30H2,1-2H3,(H,31,34);/q;;+2/p-2. The largest absolute Gasteiger partial charge is 2.00 e. The zero-order valence-electron chi connectivity index (χ0n) is 48.5.